The molecule has 1 N–H and O–H groups in total. The second-order valence-electron chi connectivity index (χ2n) is 3.97. The summed E-state index contributed by atoms with van der Waals surface area (Å²) in [4.78, 5) is 16.0. The van der Waals surface area contributed by atoms with Crippen molar-refractivity contribution in [1.82, 2.24) is 0 Å². The number of aryl methyl sites for hydroxylation is 1. The molecule has 18 heavy (non-hydrogen) atoms. The van der Waals surface area contributed by atoms with Gasteiger partial charge in [-0.05, 0) is 32.4 Å². The lowest BCUT2D eigenvalue weighted by Crippen LogP contribution is -2.15. The third kappa shape index (κ3) is 3.85. The molecule has 0 heterocycles. The molecule has 0 saturated carbocycles. The van der Waals surface area contributed by atoms with Crippen LogP contribution in [-0.4, -0.2) is 20.4 Å². The molecular weight excluding hydrogens is 256 g/mol. The molecule has 1 rings (SSSR count). The van der Waals surface area contributed by atoms with Crippen LogP contribution in [0.3, 0.4) is 0 Å². The minimum absolute atomic E-state index is 0.128. The molecule has 0 aromatic heterocycles. The number of carbonyl (C=O) groups excluding carboxylic acids is 1. The van der Waals surface area contributed by atoms with Crippen LogP contribution in [0.2, 0.25) is 0 Å². The van der Waals surface area contributed by atoms with Crippen molar-refractivity contribution >= 4 is 22.2 Å². The van der Waals surface area contributed by atoms with E-state index in [4.69, 9.17) is 0 Å². The first-order valence-corrected chi connectivity index (χ1v) is 6.33. The predicted octanol–water partition coefficient (Wildman–Crippen LogP) is 1.95. The zero-order valence-corrected chi connectivity index (χ0v) is 11.1. The lowest BCUT2D eigenvalue weighted by atomic mass is 10.1. The summed E-state index contributed by atoms with van der Waals surface area (Å²) in [5.74, 6) is -0.814. The summed E-state index contributed by atoms with van der Waals surface area (Å²) in [6.07, 6.45) is 0. The van der Waals surface area contributed by atoms with E-state index in [0.29, 0.717) is 5.69 Å². The summed E-state index contributed by atoms with van der Waals surface area (Å²) in [5.41, 5.74) is 1.73. The van der Waals surface area contributed by atoms with Crippen molar-refractivity contribution in [3.8, 4) is 0 Å². The summed E-state index contributed by atoms with van der Waals surface area (Å²) < 4.78 is 23.1. The van der Waals surface area contributed by atoms with Crippen LogP contribution in [0.5, 0.6) is 0 Å². The Kier molecular flexibility index (Phi) is 4.85. The summed E-state index contributed by atoms with van der Waals surface area (Å²) in [5, 5.41) is 3.11. The first-order valence-electron chi connectivity index (χ1n) is 5.29. The van der Waals surface area contributed by atoms with Crippen molar-refractivity contribution < 1.29 is 18.0 Å². The van der Waals surface area contributed by atoms with Crippen LogP contribution in [0.4, 0.5) is 5.69 Å². The Morgan fingerprint density at radius 1 is 1.39 bits per heavy atom. The van der Waals surface area contributed by atoms with E-state index in [0.717, 1.165) is 5.56 Å². The van der Waals surface area contributed by atoms with Gasteiger partial charge in [0.05, 0.1) is 15.8 Å². The topological polar surface area (TPSA) is 84.8 Å². The number of benzene rings is 1. The molecule has 0 saturated heterocycles. The lowest BCUT2D eigenvalue weighted by Gasteiger charge is -2.15. The molecule has 0 aliphatic rings. The molecular formula is C11H14N2O4S. The first kappa shape index (κ1) is 14.2. The van der Waals surface area contributed by atoms with E-state index >= 15 is 0 Å². The number of hydrogen-bond donors (Lipinski definition) is 1. The molecule has 0 spiro atoms. The van der Waals surface area contributed by atoms with Gasteiger partial charge in [-0.25, -0.2) is 4.79 Å². The highest BCUT2D eigenvalue weighted by Gasteiger charge is 2.15. The van der Waals surface area contributed by atoms with Gasteiger partial charge < -0.3 is 5.32 Å². The molecule has 0 aliphatic carbocycles. The number of anilines is 1. The van der Waals surface area contributed by atoms with Crippen LogP contribution < -0.4 is 5.32 Å². The molecule has 0 bridgehead atoms. The van der Waals surface area contributed by atoms with E-state index in [-0.39, 0.29) is 11.6 Å². The normalized spacial score (nSPS) is 10.0. The molecule has 6 nitrogen and oxygen atoms in total. The number of carbonyl (C=O) groups is 1. The van der Waals surface area contributed by atoms with Crippen molar-refractivity contribution in [2.45, 2.75) is 26.8 Å². The maximum absolute atomic E-state index is 11.7. The number of rotatable bonds is 4. The molecule has 0 unspecified atom stereocenters. The van der Waals surface area contributed by atoms with Crippen LogP contribution >= 0.6 is 0 Å². The van der Waals surface area contributed by atoms with Gasteiger partial charge in [0.15, 0.2) is 0 Å². The van der Waals surface area contributed by atoms with Crippen LogP contribution in [0.15, 0.2) is 22.7 Å². The number of para-hydroxylation sites is 1. The Bertz CT molecular complexity index is 571. The molecule has 1 aromatic carbocycles. The fourth-order valence-corrected chi connectivity index (χ4v) is 1.56. The third-order valence-corrected chi connectivity index (χ3v) is 2.30. The molecule has 0 aliphatic heterocycles. The van der Waals surface area contributed by atoms with Gasteiger partial charge in [-0.1, -0.05) is 12.1 Å². The van der Waals surface area contributed by atoms with E-state index in [1.54, 1.807) is 12.1 Å². The van der Waals surface area contributed by atoms with E-state index in [2.05, 4.69) is 14.7 Å². The fourth-order valence-electron chi connectivity index (χ4n) is 1.43. The minimum Gasteiger partial charge on any atom is -0.382 e. The second-order valence-corrected chi connectivity index (χ2v) is 4.55. The molecule has 98 valence electrons. The van der Waals surface area contributed by atoms with E-state index in [9.17, 15) is 13.2 Å². The maximum atomic E-state index is 11.7. The summed E-state index contributed by atoms with van der Waals surface area (Å²) in [6, 6.07) is 5.20. The molecule has 0 amide bonds. The minimum atomic E-state index is -2.77. The van der Waals surface area contributed by atoms with Crippen molar-refractivity contribution in [2.24, 2.45) is 4.53 Å². The van der Waals surface area contributed by atoms with E-state index < -0.39 is 16.5 Å². The molecule has 0 atom stereocenters. The van der Waals surface area contributed by atoms with Gasteiger partial charge in [0.1, 0.15) is 0 Å². The highest BCUT2D eigenvalue weighted by Crippen LogP contribution is 2.22. The highest BCUT2D eigenvalue weighted by atomic mass is 32.2. The Labute approximate surface area is 107 Å². The molecule has 1 aromatic rings. The van der Waals surface area contributed by atoms with Gasteiger partial charge in [0.2, 0.25) is 0 Å². The lowest BCUT2D eigenvalue weighted by molar-refractivity contribution is 0.0525. The van der Waals surface area contributed by atoms with Gasteiger partial charge in [-0.3, -0.25) is 4.84 Å². The van der Waals surface area contributed by atoms with E-state index in [1.165, 1.54) is 0 Å². The predicted molar refractivity (Wildman–Crippen MR) is 66.7 cm³/mol. The van der Waals surface area contributed by atoms with Gasteiger partial charge >= 0.3 is 16.5 Å². The average Bonchev–Trinajstić information content (AvgIpc) is 2.28. The van der Waals surface area contributed by atoms with Crippen molar-refractivity contribution in [1.29, 1.82) is 0 Å². The number of hydrogen-bond acceptors (Lipinski definition) is 6. The van der Waals surface area contributed by atoms with Crippen LogP contribution in [0.25, 0.3) is 0 Å². The van der Waals surface area contributed by atoms with Gasteiger partial charge in [-0.15, -0.1) is 0 Å². The van der Waals surface area contributed by atoms with Crippen LogP contribution in [0, 0.1) is 6.92 Å². The van der Waals surface area contributed by atoms with Gasteiger partial charge in [0, 0.05) is 6.04 Å². The zero-order valence-electron chi connectivity index (χ0n) is 10.3. The van der Waals surface area contributed by atoms with Crippen molar-refractivity contribution in [2.75, 3.05) is 5.32 Å². The fraction of sp³-hybridized carbons (Fsp3) is 0.364. The highest BCUT2D eigenvalue weighted by molar-refractivity contribution is 7.61. The third-order valence-electron chi connectivity index (χ3n) is 2.11. The Balaban J connectivity index is 3.11. The number of nitrogens with one attached hydrogen (secondary N) is 1. The monoisotopic (exact) mass is 270 g/mol. The quantitative estimate of drug-likeness (QED) is 0.845. The molecule has 0 radical (unpaired) electrons. The summed E-state index contributed by atoms with van der Waals surface area (Å²) >= 11 is 0. The second kappa shape index (κ2) is 6.15. The SMILES string of the molecule is Cc1cccc(C(=O)ON=S(=O)=O)c1NC(C)C. The van der Waals surface area contributed by atoms with Crippen molar-refractivity contribution in [3.05, 3.63) is 29.3 Å². The largest absolute Gasteiger partial charge is 0.382 e. The molecule has 0 fully saturated rings. The zero-order chi connectivity index (χ0) is 13.7. The Morgan fingerprint density at radius 2 is 2.06 bits per heavy atom. The maximum Gasteiger partial charge on any atom is 0.369 e. The van der Waals surface area contributed by atoms with Gasteiger partial charge in [0.25, 0.3) is 0 Å². The smallest absolute Gasteiger partial charge is 0.369 e. The summed E-state index contributed by atoms with van der Waals surface area (Å²) in [6.45, 7) is 5.70. The average molecular weight is 270 g/mol. The van der Waals surface area contributed by atoms with E-state index in [1.807, 2.05) is 26.8 Å². The summed E-state index contributed by atoms with van der Waals surface area (Å²) in [7, 11) is -2.77. The molecule has 7 heteroatoms. The first-order chi connectivity index (χ1) is 8.41. The number of nitrogens with zero attached hydrogens (tertiary/aromatic N) is 1. The van der Waals surface area contributed by atoms with Crippen molar-refractivity contribution in [3.63, 3.8) is 0 Å². The Hall–Kier alpha value is -1.89. The Morgan fingerprint density at radius 3 is 2.61 bits per heavy atom. The van der Waals surface area contributed by atoms with Crippen LogP contribution in [-0.2, 0) is 15.3 Å². The standard InChI is InChI=1S/C11H14N2O4S/c1-7(2)12-10-8(3)5-4-6-9(10)11(14)17-13-18(15)16/h4-7,12H,1-3H3. The van der Waals surface area contributed by atoms with Crippen LogP contribution in [0.1, 0.15) is 29.8 Å². The van der Waals surface area contributed by atoms with Gasteiger partial charge in [-0.2, -0.15) is 8.42 Å².